The summed E-state index contributed by atoms with van der Waals surface area (Å²) in [6.45, 7) is 3.36. The Bertz CT molecular complexity index is 318. The molecule has 2 heterocycles. The second-order valence-electron chi connectivity index (χ2n) is 4.60. The van der Waals surface area contributed by atoms with Gasteiger partial charge in [0, 0.05) is 32.3 Å². The molecular formula is C11H19N3O2S. The molecule has 0 radical (unpaired) electrons. The minimum Gasteiger partial charge on any atom is -0.340 e. The maximum Gasteiger partial charge on any atom is 0.246 e. The van der Waals surface area contributed by atoms with Crippen LogP contribution in [-0.4, -0.2) is 65.5 Å². The van der Waals surface area contributed by atoms with Crippen LogP contribution in [-0.2, 0) is 9.59 Å². The third kappa shape index (κ3) is 2.57. The fraction of sp³-hybridized carbons (Fsp3) is 0.818. The first-order valence-corrected chi connectivity index (χ1v) is 7.09. The monoisotopic (exact) mass is 257 g/mol. The van der Waals surface area contributed by atoms with E-state index in [1.165, 1.54) is 6.92 Å². The molecule has 2 aliphatic heterocycles. The maximum atomic E-state index is 12.3. The highest BCUT2D eigenvalue weighted by atomic mass is 32.2. The normalized spacial score (nSPS) is 28.5. The summed E-state index contributed by atoms with van der Waals surface area (Å²) in [7, 11) is 1.85. The van der Waals surface area contributed by atoms with Gasteiger partial charge in [0.05, 0.1) is 5.88 Å². The molecule has 0 aromatic carbocycles. The van der Waals surface area contributed by atoms with Crippen LogP contribution < -0.4 is 5.32 Å². The third-order valence-electron chi connectivity index (χ3n) is 3.50. The van der Waals surface area contributed by atoms with Gasteiger partial charge in [0.1, 0.15) is 6.04 Å². The number of hydrogen-bond donors (Lipinski definition) is 1. The molecule has 0 aromatic rings. The Morgan fingerprint density at radius 2 is 2.24 bits per heavy atom. The fourth-order valence-electron chi connectivity index (χ4n) is 2.34. The Morgan fingerprint density at radius 1 is 1.47 bits per heavy atom. The zero-order valence-electron chi connectivity index (χ0n) is 10.3. The van der Waals surface area contributed by atoms with Crippen LogP contribution in [0.1, 0.15) is 13.3 Å². The molecule has 0 bridgehead atoms. The molecule has 0 saturated carbocycles. The lowest BCUT2D eigenvalue weighted by atomic mass is 10.2. The van der Waals surface area contributed by atoms with Crippen molar-refractivity contribution in [3.8, 4) is 0 Å². The van der Waals surface area contributed by atoms with Gasteiger partial charge in [0.15, 0.2) is 0 Å². The van der Waals surface area contributed by atoms with Crippen molar-refractivity contribution in [2.75, 3.05) is 31.8 Å². The van der Waals surface area contributed by atoms with Gasteiger partial charge in [-0.2, -0.15) is 0 Å². The van der Waals surface area contributed by atoms with Gasteiger partial charge in [-0.15, -0.1) is 11.8 Å². The SMILES string of the molecule is CC(=O)N1CSC[C@@H]1C(=O)N(C)[C@@H]1CCNC1. The average molecular weight is 257 g/mol. The summed E-state index contributed by atoms with van der Waals surface area (Å²) in [4.78, 5) is 27.3. The maximum absolute atomic E-state index is 12.3. The number of carbonyl (C=O) groups excluding carboxylic acids is 2. The van der Waals surface area contributed by atoms with E-state index in [9.17, 15) is 9.59 Å². The van der Waals surface area contributed by atoms with Crippen molar-refractivity contribution in [3.05, 3.63) is 0 Å². The number of carbonyl (C=O) groups is 2. The van der Waals surface area contributed by atoms with Crippen molar-refractivity contribution in [3.63, 3.8) is 0 Å². The Balaban J connectivity index is 2.00. The molecule has 2 aliphatic rings. The molecular weight excluding hydrogens is 238 g/mol. The van der Waals surface area contributed by atoms with E-state index in [0.717, 1.165) is 25.3 Å². The van der Waals surface area contributed by atoms with E-state index in [1.54, 1.807) is 16.7 Å². The first-order valence-electron chi connectivity index (χ1n) is 5.93. The van der Waals surface area contributed by atoms with Crippen LogP contribution in [0, 0.1) is 0 Å². The predicted molar refractivity (Wildman–Crippen MR) is 67.7 cm³/mol. The van der Waals surface area contributed by atoms with E-state index in [0.29, 0.717) is 5.88 Å². The Kier molecular flexibility index (Phi) is 3.93. The molecule has 2 atom stereocenters. The number of hydrogen-bond acceptors (Lipinski definition) is 4. The first-order chi connectivity index (χ1) is 8.11. The first kappa shape index (κ1) is 12.7. The quantitative estimate of drug-likeness (QED) is 0.740. The Morgan fingerprint density at radius 3 is 2.82 bits per heavy atom. The summed E-state index contributed by atoms with van der Waals surface area (Å²) < 4.78 is 0. The molecule has 0 aromatic heterocycles. The number of nitrogens with zero attached hydrogens (tertiary/aromatic N) is 2. The van der Waals surface area contributed by atoms with Crippen LogP contribution in [0.15, 0.2) is 0 Å². The van der Waals surface area contributed by atoms with Crippen molar-refractivity contribution < 1.29 is 9.59 Å². The number of rotatable bonds is 2. The molecule has 6 heteroatoms. The largest absolute Gasteiger partial charge is 0.340 e. The molecule has 2 fully saturated rings. The fourth-order valence-corrected chi connectivity index (χ4v) is 3.55. The topological polar surface area (TPSA) is 52.7 Å². The van der Waals surface area contributed by atoms with Gasteiger partial charge in [0.2, 0.25) is 11.8 Å². The van der Waals surface area contributed by atoms with Crippen molar-refractivity contribution in [2.24, 2.45) is 0 Å². The minimum absolute atomic E-state index is 0.00806. The molecule has 0 spiro atoms. The summed E-state index contributed by atoms with van der Waals surface area (Å²) in [5.41, 5.74) is 0. The van der Waals surface area contributed by atoms with Gasteiger partial charge in [-0.25, -0.2) is 0 Å². The highest BCUT2D eigenvalue weighted by molar-refractivity contribution is 7.99. The van der Waals surface area contributed by atoms with Crippen LogP contribution in [0.2, 0.25) is 0 Å². The third-order valence-corrected chi connectivity index (χ3v) is 4.51. The van der Waals surface area contributed by atoms with Gasteiger partial charge < -0.3 is 15.1 Å². The molecule has 2 amide bonds. The van der Waals surface area contributed by atoms with Crippen molar-refractivity contribution in [1.82, 2.24) is 15.1 Å². The zero-order valence-corrected chi connectivity index (χ0v) is 11.1. The number of amides is 2. The number of likely N-dealkylation sites (N-methyl/N-ethyl adjacent to an activating group) is 1. The lowest BCUT2D eigenvalue weighted by Crippen LogP contribution is -2.50. The summed E-state index contributed by atoms with van der Waals surface area (Å²) in [6.07, 6.45) is 1.00. The van der Waals surface area contributed by atoms with Gasteiger partial charge in [-0.1, -0.05) is 0 Å². The zero-order chi connectivity index (χ0) is 12.4. The second-order valence-corrected chi connectivity index (χ2v) is 5.60. The minimum atomic E-state index is -0.261. The average Bonchev–Trinajstić information content (AvgIpc) is 2.97. The molecule has 5 nitrogen and oxygen atoms in total. The van der Waals surface area contributed by atoms with Gasteiger partial charge in [0.25, 0.3) is 0 Å². The standard InChI is InChI=1S/C11H19N3O2S/c1-8(15)14-7-17-6-10(14)11(16)13(2)9-3-4-12-5-9/h9-10,12H,3-7H2,1-2H3/t9-,10-/m1/s1. The van der Waals surface area contributed by atoms with E-state index >= 15 is 0 Å². The van der Waals surface area contributed by atoms with Gasteiger partial charge in [-0.3, -0.25) is 9.59 Å². The van der Waals surface area contributed by atoms with Crippen LogP contribution >= 0.6 is 11.8 Å². The molecule has 0 unspecified atom stereocenters. The lowest BCUT2D eigenvalue weighted by Gasteiger charge is -2.30. The van der Waals surface area contributed by atoms with Crippen molar-refractivity contribution in [1.29, 1.82) is 0 Å². The Labute approximate surface area is 106 Å². The molecule has 0 aliphatic carbocycles. The molecule has 96 valence electrons. The smallest absolute Gasteiger partial charge is 0.246 e. The molecule has 1 N–H and O–H groups in total. The van der Waals surface area contributed by atoms with Gasteiger partial charge >= 0.3 is 0 Å². The van der Waals surface area contributed by atoms with Crippen LogP contribution in [0.4, 0.5) is 0 Å². The number of nitrogens with one attached hydrogen (secondary N) is 1. The second kappa shape index (κ2) is 5.27. The summed E-state index contributed by atoms with van der Waals surface area (Å²) >= 11 is 1.65. The van der Waals surface area contributed by atoms with Crippen LogP contribution in [0.3, 0.4) is 0 Å². The van der Waals surface area contributed by atoms with E-state index in [4.69, 9.17) is 0 Å². The Hall–Kier alpha value is -0.750. The van der Waals surface area contributed by atoms with E-state index in [2.05, 4.69) is 5.32 Å². The molecule has 2 saturated heterocycles. The van der Waals surface area contributed by atoms with E-state index in [-0.39, 0.29) is 23.9 Å². The molecule has 2 rings (SSSR count). The summed E-state index contributed by atoms with van der Waals surface area (Å²) in [6, 6.07) is 0.0185. The highest BCUT2D eigenvalue weighted by Gasteiger charge is 2.36. The number of thioether (sulfide) groups is 1. The summed E-state index contributed by atoms with van der Waals surface area (Å²) in [5.74, 6) is 1.44. The van der Waals surface area contributed by atoms with Crippen LogP contribution in [0.5, 0.6) is 0 Å². The molecule has 17 heavy (non-hydrogen) atoms. The lowest BCUT2D eigenvalue weighted by molar-refractivity contribution is -0.142. The summed E-state index contributed by atoms with van der Waals surface area (Å²) in [5, 5.41) is 3.25. The highest BCUT2D eigenvalue weighted by Crippen LogP contribution is 2.23. The van der Waals surface area contributed by atoms with E-state index in [1.807, 2.05) is 11.9 Å². The van der Waals surface area contributed by atoms with Crippen molar-refractivity contribution in [2.45, 2.75) is 25.4 Å². The van der Waals surface area contributed by atoms with Gasteiger partial charge in [-0.05, 0) is 13.0 Å². The van der Waals surface area contributed by atoms with Crippen molar-refractivity contribution >= 4 is 23.6 Å². The van der Waals surface area contributed by atoms with E-state index < -0.39 is 0 Å². The predicted octanol–water partition coefficient (Wildman–Crippen LogP) is -0.272. The van der Waals surface area contributed by atoms with Crippen LogP contribution in [0.25, 0.3) is 0 Å².